The Morgan fingerprint density at radius 2 is 1.88 bits per heavy atom. The van der Waals surface area contributed by atoms with E-state index in [9.17, 15) is 0 Å². The molecule has 3 aromatic heterocycles. The number of likely N-dealkylation sites (tertiary alicyclic amines) is 1. The van der Waals surface area contributed by atoms with Crippen LogP contribution in [0, 0.1) is 0 Å². The summed E-state index contributed by atoms with van der Waals surface area (Å²) in [5.74, 6) is 0. The van der Waals surface area contributed by atoms with Gasteiger partial charge in [-0.25, -0.2) is 4.52 Å². The van der Waals surface area contributed by atoms with Crippen molar-refractivity contribution in [2.75, 3.05) is 50.8 Å². The van der Waals surface area contributed by atoms with Crippen molar-refractivity contribution < 1.29 is 4.74 Å². The van der Waals surface area contributed by atoms with E-state index in [0.29, 0.717) is 6.04 Å². The molecule has 176 valence electrons. The highest BCUT2D eigenvalue weighted by Gasteiger charge is 2.37. The number of piperazine rings is 1. The summed E-state index contributed by atoms with van der Waals surface area (Å²) in [4.78, 5) is 9.85. The summed E-state index contributed by atoms with van der Waals surface area (Å²) in [7, 11) is 0. The van der Waals surface area contributed by atoms with Crippen molar-refractivity contribution in [2.24, 2.45) is 0 Å². The number of anilines is 1. The summed E-state index contributed by atoms with van der Waals surface area (Å²) >= 11 is 0. The maximum absolute atomic E-state index is 6.37. The first-order chi connectivity index (χ1) is 16.1. The van der Waals surface area contributed by atoms with Gasteiger partial charge in [0.25, 0.3) is 0 Å². The number of fused-ring (bicyclic) bond motifs is 1. The Hall–Kier alpha value is -2.48. The molecule has 0 aliphatic carbocycles. The van der Waals surface area contributed by atoms with Crippen LogP contribution in [0.15, 0.2) is 42.9 Å². The quantitative estimate of drug-likeness (QED) is 0.623. The molecule has 2 aliphatic rings. The average Bonchev–Trinajstić information content (AvgIpc) is 3.30. The Bertz CT molecular complexity index is 1060. The van der Waals surface area contributed by atoms with Gasteiger partial charge in [0.15, 0.2) is 0 Å². The third kappa shape index (κ3) is 4.37. The molecule has 5 rings (SSSR count). The lowest BCUT2D eigenvalue weighted by Crippen LogP contribution is -2.46. The van der Waals surface area contributed by atoms with E-state index in [2.05, 4.69) is 71.4 Å². The molecule has 1 N–H and O–H groups in total. The van der Waals surface area contributed by atoms with Gasteiger partial charge >= 0.3 is 0 Å². The van der Waals surface area contributed by atoms with Crippen LogP contribution in [0.3, 0.4) is 0 Å². The van der Waals surface area contributed by atoms with Crippen molar-refractivity contribution in [3.8, 4) is 11.3 Å². The van der Waals surface area contributed by atoms with E-state index in [0.717, 1.165) is 75.5 Å². The molecule has 0 unspecified atom stereocenters. The molecule has 0 saturated carbocycles. The summed E-state index contributed by atoms with van der Waals surface area (Å²) in [5, 5.41) is 7.98. The number of pyridine rings is 1. The van der Waals surface area contributed by atoms with E-state index >= 15 is 0 Å². The Morgan fingerprint density at radius 3 is 2.55 bits per heavy atom. The van der Waals surface area contributed by atoms with E-state index < -0.39 is 0 Å². The zero-order valence-corrected chi connectivity index (χ0v) is 20.1. The fraction of sp³-hybridized carbons (Fsp3) is 0.538. The van der Waals surface area contributed by atoms with Crippen molar-refractivity contribution in [1.29, 1.82) is 0 Å². The third-order valence-corrected chi connectivity index (χ3v) is 7.29. The number of piperidine rings is 1. The molecule has 3 aromatic rings. The lowest BCUT2D eigenvalue weighted by atomic mass is 9.84. The van der Waals surface area contributed by atoms with Crippen molar-refractivity contribution in [2.45, 2.75) is 45.3 Å². The second-order valence-corrected chi connectivity index (χ2v) is 9.50. The smallest absolute Gasteiger partial charge is 0.0970 e. The summed E-state index contributed by atoms with van der Waals surface area (Å²) in [6.45, 7) is 13.5. The van der Waals surface area contributed by atoms with Gasteiger partial charge in [0.2, 0.25) is 0 Å². The SMILES string of the molecule is CCOC1(c2ccc(-c3cc4c(N5CCNCC5)ccnn4c3)nc2)CCN(C(C)C)CC1. The zero-order chi connectivity index (χ0) is 22.8. The van der Waals surface area contributed by atoms with Gasteiger partial charge in [-0.2, -0.15) is 5.10 Å². The van der Waals surface area contributed by atoms with Crippen LogP contribution >= 0.6 is 0 Å². The first-order valence-electron chi connectivity index (χ1n) is 12.4. The third-order valence-electron chi connectivity index (χ3n) is 7.29. The lowest BCUT2D eigenvalue weighted by Gasteiger charge is -2.43. The van der Waals surface area contributed by atoms with Crippen molar-refractivity contribution >= 4 is 11.2 Å². The van der Waals surface area contributed by atoms with Crippen molar-refractivity contribution in [3.63, 3.8) is 0 Å². The average molecular weight is 449 g/mol. The zero-order valence-electron chi connectivity index (χ0n) is 20.1. The van der Waals surface area contributed by atoms with Crippen molar-refractivity contribution in [1.82, 2.24) is 24.8 Å². The lowest BCUT2D eigenvalue weighted by molar-refractivity contribution is -0.0888. The van der Waals surface area contributed by atoms with Crippen LogP contribution < -0.4 is 10.2 Å². The van der Waals surface area contributed by atoms with Crippen LogP contribution in [-0.2, 0) is 10.3 Å². The predicted molar refractivity (Wildman–Crippen MR) is 133 cm³/mol. The summed E-state index contributed by atoms with van der Waals surface area (Å²) in [6.07, 6.45) is 8.02. The van der Waals surface area contributed by atoms with Gasteiger partial charge in [0.1, 0.15) is 0 Å². The summed E-state index contributed by atoms with van der Waals surface area (Å²) < 4.78 is 8.35. The molecule has 0 spiro atoms. The molecular formula is C26H36N6O. The van der Waals surface area contributed by atoms with Gasteiger partial charge in [-0.1, -0.05) is 6.07 Å². The molecule has 0 atom stereocenters. The van der Waals surface area contributed by atoms with E-state index in [1.165, 1.54) is 11.3 Å². The number of rotatable bonds is 6. The van der Waals surface area contributed by atoms with E-state index in [1.807, 2.05) is 16.9 Å². The molecule has 2 saturated heterocycles. The minimum Gasteiger partial charge on any atom is -0.370 e. The molecule has 7 heteroatoms. The topological polar surface area (TPSA) is 57.9 Å². The van der Waals surface area contributed by atoms with Crippen LogP contribution in [0.2, 0.25) is 0 Å². The molecule has 2 aliphatic heterocycles. The van der Waals surface area contributed by atoms with Crippen LogP contribution in [0.25, 0.3) is 16.8 Å². The molecule has 0 radical (unpaired) electrons. The molecule has 33 heavy (non-hydrogen) atoms. The Labute approximate surface area is 196 Å². The highest BCUT2D eigenvalue weighted by Crippen LogP contribution is 2.38. The highest BCUT2D eigenvalue weighted by molar-refractivity contribution is 5.79. The maximum Gasteiger partial charge on any atom is 0.0970 e. The van der Waals surface area contributed by atoms with Crippen LogP contribution in [0.4, 0.5) is 5.69 Å². The second kappa shape index (κ2) is 9.41. The minimum atomic E-state index is -0.228. The van der Waals surface area contributed by atoms with Gasteiger partial charge in [-0.3, -0.25) is 4.98 Å². The normalized spacial score (nSPS) is 19.5. The molecule has 2 fully saturated rings. The van der Waals surface area contributed by atoms with Gasteiger partial charge in [-0.15, -0.1) is 0 Å². The number of ether oxygens (including phenoxy) is 1. The minimum absolute atomic E-state index is 0.228. The molecule has 7 nitrogen and oxygen atoms in total. The number of hydrogen-bond donors (Lipinski definition) is 1. The Balaban J connectivity index is 1.41. The standard InChI is InChI=1S/C26H36N6O/c1-4-33-26(8-13-30(14-9-26)20(2)3)22-5-6-23(28-18-22)21-17-25-24(7-10-29-32(25)19-21)31-15-11-27-12-16-31/h5-7,10,17-20,27H,4,8-9,11-16H2,1-3H3. The Morgan fingerprint density at radius 1 is 1.09 bits per heavy atom. The van der Waals surface area contributed by atoms with Crippen LogP contribution in [0.1, 0.15) is 39.2 Å². The number of nitrogens with zero attached hydrogens (tertiary/aromatic N) is 5. The fourth-order valence-corrected chi connectivity index (χ4v) is 5.34. The van der Waals surface area contributed by atoms with Gasteiger partial charge in [0, 0.05) is 81.6 Å². The first kappa shape index (κ1) is 22.3. The fourth-order valence-electron chi connectivity index (χ4n) is 5.34. The van der Waals surface area contributed by atoms with Crippen LogP contribution in [0.5, 0.6) is 0 Å². The Kier molecular flexibility index (Phi) is 6.36. The summed E-state index contributed by atoms with van der Waals surface area (Å²) in [5.41, 5.74) is 5.40. The van der Waals surface area contributed by atoms with Gasteiger partial charge < -0.3 is 19.9 Å². The number of aromatic nitrogens is 3. The maximum atomic E-state index is 6.37. The van der Waals surface area contributed by atoms with E-state index in [-0.39, 0.29) is 5.60 Å². The van der Waals surface area contributed by atoms with Crippen molar-refractivity contribution in [3.05, 3.63) is 48.4 Å². The molecule has 0 bridgehead atoms. The van der Waals surface area contributed by atoms with E-state index in [1.54, 1.807) is 0 Å². The van der Waals surface area contributed by atoms with Crippen LogP contribution in [-0.4, -0.2) is 71.4 Å². The van der Waals surface area contributed by atoms with Gasteiger partial charge in [0.05, 0.1) is 22.5 Å². The highest BCUT2D eigenvalue weighted by atomic mass is 16.5. The molecular weight excluding hydrogens is 412 g/mol. The largest absolute Gasteiger partial charge is 0.370 e. The summed E-state index contributed by atoms with van der Waals surface area (Å²) in [6, 6.07) is 9.27. The monoisotopic (exact) mass is 448 g/mol. The molecule has 0 aromatic carbocycles. The second-order valence-electron chi connectivity index (χ2n) is 9.50. The van der Waals surface area contributed by atoms with Gasteiger partial charge in [-0.05, 0) is 51.8 Å². The predicted octanol–water partition coefficient (Wildman–Crippen LogP) is 3.54. The van der Waals surface area contributed by atoms with E-state index in [4.69, 9.17) is 9.72 Å². The first-order valence-corrected chi connectivity index (χ1v) is 12.4. The number of hydrogen-bond acceptors (Lipinski definition) is 6. The number of nitrogens with one attached hydrogen (secondary N) is 1. The molecule has 0 amide bonds. The molecule has 5 heterocycles.